The second-order valence-corrected chi connectivity index (χ2v) is 6.85. The average molecular weight is 251 g/mol. The number of hydrogen-bond donors (Lipinski definition) is 1. The number of likely N-dealkylation sites (N-methyl/N-ethyl adjacent to an activating group) is 1. The summed E-state index contributed by atoms with van der Waals surface area (Å²) in [6.07, 6.45) is 3.88. The molecule has 1 atom stereocenters. The number of hydrogen-bond acceptors (Lipinski definition) is 4. The number of nitrogens with one attached hydrogen (secondary N) is 1. The molecule has 1 unspecified atom stereocenters. The van der Waals surface area contributed by atoms with Gasteiger partial charge in [-0.05, 0) is 40.2 Å². The van der Waals surface area contributed by atoms with Gasteiger partial charge in [0.1, 0.15) is 5.01 Å². The summed E-state index contributed by atoms with van der Waals surface area (Å²) in [5.41, 5.74) is 1.34. The minimum Gasteiger partial charge on any atom is -0.304 e. The van der Waals surface area contributed by atoms with Crippen LogP contribution < -0.4 is 5.32 Å². The van der Waals surface area contributed by atoms with Crippen LogP contribution in [0.2, 0.25) is 0 Å². The summed E-state index contributed by atoms with van der Waals surface area (Å²) in [7, 11) is 2.21. The van der Waals surface area contributed by atoms with Crippen LogP contribution in [0.4, 0.5) is 0 Å². The van der Waals surface area contributed by atoms with E-state index in [9.17, 15) is 0 Å². The van der Waals surface area contributed by atoms with Crippen molar-refractivity contribution in [3.63, 3.8) is 0 Å². The summed E-state index contributed by atoms with van der Waals surface area (Å²) in [5, 5.41) is 5.17. The fraction of sp³-hybridized carbons (Fsp3) is 0.769. The predicted octanol–water partition coefficient (Wildman–Crippen LogP) is 2.04. The van der Waals surface area contributed by atoms with Crippen LogP contribution in [-0.2, 0) is 5.54 Å². The van der Waals surface area contributed by atoms with E-state index in [1.807, 2.05) is 11.3 Å². The molecule has 3 nitrogen and oxygen atoms in total. The van der Waals surface area contributed by atoms with Crippen molar-refractivity contribution in [3.8, 4) is 0 Å². The molecule has 0 bridgehead atoms. The molecule has 3 rings (SSSR count). The van der Waals surface area contributed by atoms with Gasteiger partial charge in [-0.15, -0.1) is 11.3 Å². The first-order chi connectivity index (χ1) is 8.09. The second kappa shape index (κ2) is 4.04. The molecule has 0 amide bonds. The first-order valence-corrected chi connectivity index (χ1v) is 7.31. The molecular formula is C13H21N3S. The van der Waals surface area contributed by atoms with Gasteiger partial charge >= 0.3 is 0 Å². The van der Waals surface area contributed by atoms with Gasteiger partial charge in [0, 0.05) is 24.0 Å². The highest BCUT2D eigenvalue weighted by molar-refractivity contribution is 7.11. The van der Waals surface area contributed by atoms with Crippen LogP contribution in [0, 0.1) is 13.8 Å². The molecular weight excluding hydrogens is 230 g/mol. The third-order valence-corrected chi connectivity index (χ3v) is 5.23. The number of aromatic nitrogens is 1. The van der Waals surface area contributed by atoms with Crippen molar-refractivity contribution in [1.82, 2.24) is 15.2 Å². The van der Waals surface area contributed by atoms with Crippen LogP contribution in [0.1, 0.15) is 34.8 Å². The summed E-state index contributed by atoms with van der Waals surface area (Å²) in [6.45, 7) is 6.59. The fourth-order valence-electron chi connectivity index (χ4n) is 2.65. The molecule has 17 heavy (non-hydrogen) atoms. The highest BCUT2D eigenvalue weighted by Gasteiger charge is 2.44. The molecule has 2 aliphatic rings. The van der Waals surface area contributed by atoms with E-state index in [4.69, 9.17) is 4.98 Å². The number of aryl methyl sites for hydroxylation is 2. The van der Waals surface area contributed by atoms with Gasteiger partial charge in [-0.2, -0.15) is 0 Å². The molecule has 1 saturated heterocycles. The molecule has 0 radical (unpaired) electrons. The van der Waals surface area contributed by atoms with E-state index in [-0.39, 0.29) is 5.54 Å². The Bertz CT molecular complexity index is 405. The lowest BCUT2D eigenvalue weighted by Crippen LogP contribution is -2.45. The van der Waals surface area contributed by atoms with E-state index >= 15 is 0 Å². The van der Waals surface area contributed by atoms with E-state index in [1.54, 1.807) is 0 Å². The van der Waals surface area contributed by atoms with Gasteiger partial charge in [-0.25, -0.2) is 4.98 Å². The maximum absolute atomic E-state index is 4.81. The van der Waals surface area contributed by atoms with Gasteiger partial charge < -0.3 is 10.2 Å². The van der Waals surface area contributed by atoms with E-state index in [0.717, 1.165) is 12.6 Å². The van der Waals surface area contributed by atoms with Crippen LogP contribution >= 0.6 is 11.3 Å². The van der Waals surface area contributed by atoms with Gasteiger partial charge in [-0.3, -0.25) is 0 Å². The summed E-state index contributed by atoms with van der Waals surface area (Å²) in [5.74, 6) is 0. The van der Waals surface area contributed by atoms with Gasteiger partial charge in [0.15, 0.2) is 0 Å². The SMILES string of the molecule is Cc1nc(C2(NC3CC3)CCN(C)C2)sc1C. The van der Waals surface area contributed by atoms with Crippen LogP contribution in [-0.4, -0.2) is 36.1 Å². The van der Waals surface area contributed by atoms with Crippen molar-refractivity contribution < 1.29 is 0 Å². The van der Waals surface area contributed by atoms with Gasteiger partial charge in [0.2, 0.25) is 0 Å². The van der Waals surface area contributed by atoms with E-state index in [1.165, 1.54) is 41.4 Å². The molecule has 1 aliphatic carbocycles. The second-order valence-electron chi connectivity index (χ2n) is 5.65. The van der Waals surface area contributed by atoms with Gasteiger partial charge in [0.25, 0.3) is 0 Å². The highest BCUT2D eigenvalue weighted by atomic mass is 32.1. The normalized spacial score (nSPS) is 30.1. The predicted molar refractivity (Wildman–Crippen MR) is 71.5 cm³/mol. The zero-order valence-electron chi connectivity index (χ0n) is 10.9. The van der Waals surface area contributed by atoms with Crippen molar-refractivity contribution >= 4 is 11.3 Å². The lowest BCUT2D eigenvalue weighted by molar-refractivity contribution is 0.312. The van der Waals surface area contributed by atoms with Crippen molar-refractivity contribution in [2.24, 2.45) is 0 Å². The van der Waals surface area contributed by atoms with E-state index < -0.39 is 0 Å². The first-order valence-electron chi connectivity index (χ1n) is 6.50. The van der Waals surface area contributed by atoms with Crippen molar-refractivity contribution in [2.45, 2.75) is 44.7 Å². The van der Waals surface area contributed by atoms with Crippen molar-refractivity contribution in [1.29, 1.82) is 0 Å². The molecule has 1 N–H and O–H groups in total. The summed E-state index contributed by atoms with van der Waals surface area (Å²) in [4.78, 5) is 8.59. The Hall–Kier alpha value is -0.450. The van der Waals surface area contributed by atoms with Gasteiger partial charge in [-0.1, -0.05) is 0 Å². The Labute approximate surface area is 107 Å². The highest BCUT2D eigenvalue weighted by Crippen LogP contribution is 2.38. The first kappa shape index (κ1) is 11.6. The summed E-state index contributed by atoms with van der Waals surface area (Å²) in [6, 6.07) is 0.742. The summed E-state index contributed by atoms with van der Waals surface area (Å²) >= 11 is 1.88. The molecule has 94 valence electrons. The topological polar surface area (TPSA) is 28.2 Å². The average Bonchev–Trinajstić information content (AvgIpc) is 2.91. The smallest absolute Gasteiger partial charge is 0.115 e. The minimum atomic E-state index is 0.138. The molecule has 1 aliphatic heterocycles. The fourth-order valence-corrected chi connectivity index (χ4v) is 3.74. The van der Waals surface area contributed by atoms with Crippen LogP contribution in [0.15, 0.2) is 0 Å². The number of nitrogens with zero attached hydrogens (tertiary/aromatic N) is 2. The van der Waals surface area contributed by atoms with E-state index in [2.05, 4.69) is 31.1 Å². The number of rotatable bonds is 3. The third kappa shape index (κ3) is 2.14. The van der Waals surface area contributed by atoms with Crippen molar-refractivity contribution in [3.05, 3.63) is 15.6 Å². The lowest BCUT2D eigenvalue weighted by atomic mass is 9.99. The molecule has 0 spiro atoms. The lowest BCUT2D eigenvalue weighted by Gasteiger charge is -2.28. The molecule has 0 aromatic carbocycles. The molecule has 4 heteroatoms. The van der Waals surface area contributed by atoms with Crippen LogP contribution in [0.25, 0.3) is 0 Å². The molecule has 1 aromatic heterocycles. The van der Waals surface area contributed by atoms with Crippen LogP contribution in [0.3, 0.4) is 0 Å². The van der Waals surface area contributed by atoms with Crippen molar-refractivity contribution in [2.75, 3.05) is 20.1 Å². The van der Waals surface area contributed by atoms with Gasteiger partial charge in [0.05, 0.1) is 11.2 Å². The maximum atomic E-state index is 4.81. The number of likely N-dealkylation sites (tertiary alicyclic amines) is 1. The van der Waals surface area contributed by atoms with Crippen LogP contribution in [0.5, 0.6) is 0 Å². The third-order valence-electron chi connectivity index (χ3n) is 3.96. The Morgan fingerprint density at radius 2 is 2.18 bits per heavy atom. The zero-order valence-corrected chi connectivity index (χ0v) is 11.7. The Balaban J connectivity index is 1.92. The van der Waals surface area contributed by atoms with E-state index in [0.29, 0.717) is 0 Å². The Kier molecular flexibility index (Phi) is 2.76. The molecule has 1 saturated carbocycles. The minimum absolute atomic E-state index is 0.138. The Morgan fingerprint density at radius 3 is 2.65 bits per heavy atom. The summed E-state index contributed by atoms with van der Waals surface area (Å²) < 4.78 is 0. The zero-order chi connectivity index (χ0) is 12.0. The Morgan fingerprint density at radius 1 is 1.41 bits per heavy atom. The largest absolute Gasteiger partial charge is 0.304 e. The molecule has 2 heterocycles. The quantitative estimate of drug-likeness (QED) is 0.891. The maximum Gasteiger partial charge on any atom is 0.115 e. The molecule has 2 fully saturated rings. The number of thiazole rings is 1. The molecule has 1 aromatic rings. The monoisotopic (exact) mass is 251 g/mol. The standard InChI is InChI=1S/C13H21N3S/c1-9-10(2)17-12(14-9)13(15-11-4-5-11)6-7-16(3)8-13/h11,15H,4-8H2,1-3H3.